The molecular weight excluding hydrogens is 270 g/mol. The summed E-state index contributed by atoms with van der Waals surface area (Å²) >= 11 is 0. The Hall–Kier alpha value is -1.10. The molecule has 1 aromatic carbocycles. The van der Waals surface area contributed by atoms with Crippen LogP contribution in [0.25, 0.3) is 0 Å². The molecule has 0 bridgehead atoms. The summed E-state index contributed by atoms with van der Waals surface area (Å²) in [6, 6.07) is 3.25. The normalized spacial score (nSPS) is 17.9. The summed E-state index contributed by atoms with van der Waals surface area (Å²) in [5.41, 5.74) is -1.02. The average Bonchev–Trinajstić information content (AvgIpc) is 2.31. The molecular formula is C15H19F4N. The summed E-state index contributed by atoms with van der Waals surface area (Å²) < 4.78 is 52.5. The minimum atomic E-state index is -4.64. The molecule has 0 aliphatic heterocycles. The quantitative estimate of drug-likeness (QED) is 0.776. The third kappa shape index (κ3) is 3.14. The average molecular weight is 289 g/mol. The van der Waals surface area contributed by atoms with E-state index in [1.807, 2.05) is 6.92 Å². The molecule has 1 aliphatic rings. The van der Waals surface area contributed by atoms with Gasteiger partial charge in [-0.2, -0.15) is 13.2 Å². The number of alkyl halides is 3. The van der Waals surface area contributed by atoms with Gasteiger partial charge in [0.15, 0.2) is 0 Å². The van der Waals surface area contributed by atoms with Gasteiger partial charge >= 0.3 is 6.18 Å². The van der Waals surface area contributed by atoms with E-state index >= 15 is 0 Å². The largest absolute Gasteiger partial charge is 0.419 e. The maximum Gasteiger partial charge on any atom is 0.419 e. The second kappa shape index (κ2) is 6.12. The van der Waals surface area contributed by atoms with Crippen LogP contribution in [-0.4, -0.2) is 6.54 Å². The number of rotatable bonds is 5. The first-order chi connectivity index (χ1) is 9.45. The molecule has 5 heteroatoms. The lowest BCUT2D eigenvalue weighted by Crippen LogP contribution is -2.33. The van der Waals surface area contributed by atoms with Gasteiger partial charge in [-0.05, 0) is 37.8 Å². The third-order valence-corrected chi connectivity index (χ3v) is 3.90. The van der Waals surface area contributed by atoms with E-state index in [-0.39, 0.29) is 17.5 Å². The molecule has 0 saturated heterocycles. The van der Waals surface area contributed by atoms with Crippen LogP contribution in [0.15, 0.2) is 18.2 Å². The SMILES string of the molecule is CCCNC(c1cccc(C(F)(F)F)c1F)C1CCC1. The topological polar surface area (TPSA) is 12.0 Å². The lowest BCUT2D eigenvalue weighted by molar-refractivity contribution is -0.140. The molecule has 1 aliphatic carbocycles. The van der Waals surface area contributed by atoms with Crippen molar-refractivity contribution in [1.29, 1.82) is 0 Å². The maximum absolute atomic E-state index is 14.2. The van der Waals surface area contributed by atoms with E-state index < -0.39 is 17.6 Å². The zero-order valence-electron chi connectivity index (χ0n) is 11.4. The molecule has 1 aromatic rings. The Balaban J connectivity index is 2.32. The Labute approximate surface area is 116 Å². The molecule has 0 spiro atoms. The highest BCUT2D eigenvalue weighted by Gasteiger charge is 2.37. The van der Waals surface area contributed by atoms with Crippen molar-refractivity contribution in [2.24, 2.45) is 5.92 Å². The van der Waals surface area contributed by atoms with Crippen LogP contribution < -0.4 is 5.32 Å². The molecule has 0 radical (unpaired) electrons. The Morgan fingerprint density at radius 3 is 2.50 bits per heavy atom. The van der Waals surface area contributed by atoms with Crippen LogP contribution in [0, 0.1) is 11.7 Å². The van der Waals surface area contributed by atoms with E-state index in [0.717, 1.165) is 31.7 Å². The van der Waals surface area contributed by atoms with Crippen molar-refractivity contribution in [3.63, 3.8) is 0 Å². The zero-order valence-corrected chi connectivity index (χ0v) is 11.4. The van der Waals surface area contributed by atoms with E-state index in [0.29, 0.717) is 6.54 Å². The van der Waals surface area contributed by atoms with Crippen molar-refractivity contribution in [1.82, 2.24) is 5.32 Å². The highest BCUT2D eigenvalue weighted by molar-refractivity contribution is 5.31. The highest BCUT2D eigenvalue weighted by Crippen LogP contribution is 2.41. The standard InChI is InChI=1S/C15H19F4N/c1-2-9-20-14(10-5-3-6-10)11-7-4-8-12(13(11)16)15(17,18)19/h4,7-8,10,14,20H,2-3,5-6,9H2,1H3. The summed E-state index contributed by atoms with van der Waals surface area (Å²) in [5.74, 6) is -0.889. The number of halogens is 4. The summed E-state index contributed by atoms with van der Waals surface area (Å²) in [6.07, 6.45) is -0.831. The number of hydrogen-bond acceptors (Lipinski definition) is 1. The van der Waals surface area contributed by atoms with Crippen molar-refractivity contribution in [3.8, 4) is 0 Å². The van der Waals surface area contributed by atoms with Gasteiger partial charge in [0.25, 0.3) is 0 Å². The monoisotopic (exact) mass is 289 g/mol. The summed E-state index contributed by atoms with van der Waals surface area (Å²) in [5, 5.41) is 3.20. The molecule has 1 nitrogen and oxygen atoms in total. The Kier molecular flexibility index (Phi) is 4.68. The van der Waals surface area contributed by atoms with E-state index in [9.17, 15) is 17.6 Å². The number of hydrogen-bond donors (Lipinski definition) is 1. The van der Waals surface area contributed by atoms with Gasteiger partial charge in [0.1, 0.15) is 5.82 Å². The van der Waals surface area contributed by atoms with Crippen LogP contribution in [-0.2, 0) is 6.18 Å². The maximum atomic E-state index is 14.2. The van der Waals surface area contributed by atoms with Crippen LogP contribution in [0.5, 0.6) is 0 Å². The molecule has 1 N–H and O–H groups in total. The van der Waals surface area contributed by atoms with Crippen LogP contribution in [0.3, 0.4) is 0 Å². The van der Waals surface area contributed by atoms with E-state index in [1.54, 1.807) is 0 Å². The third-order valence-electron chi connectivity index (χ3n) is 3.90. The fourth-order valence-corrected chi connectivity index (χ4v) is 2.61. The Morgan fingerprint density at radius 2 is 2.00 bits per heavy atom. The van der Waals surface area contributed by atoms with Gasteiger partial charge in [-0.15, -0.1) is 0 Å². The van der Waals surface area contributed by atoms with Gasteiger partial charge in [-0.3, -0.25) is 0 Å². The Morgan fingerprint density at radius 1 is 1.30 bits per heavy atom. The van der Waals surface area contributed by atoms with Crippen LogP contribution in [0.1, 0.15) is 49.8 Å². The minimum Gasteiger partial charge on any atom is -0.310 e. The molecule has 0 aromatic heterocycles. The predicted molar refractivity (Wildman–Crippen MR) is 69.8 cm³/mol. The summed E-state index contributed by atoms with van der Waals surface area (Å²) in [4.78, 5) is 0. The van der Waals surface area contributed by atoms with Gasteiger partial charge in [-0.1, -0.05) is 25.5 Å². The first kappa shape index (κ1) is 15.3. The Bertz CT molecular complexity index is 452. The van der Waals surface area contributed by atoms with Crippen molar-refractivity contribution in [2.45, 2.75) is 44.8 Å². The zero-order chi connectivity index (χ0) is 14.8. The van der Waals surface area contributed by atoms with Crippen LogP contribution in [0.2, 0.25) is 0 Å². The van der Waals surface area contributed by atoms with E-state index in [4.69, 9.17) is 0 Å². The first-order valence-corrected chi connectivity index (χ1v) is 7.04. The first-order valence-electron chi connectivity index (χ1n) is 7.04. The number of benzene rings is 1. The summed E-state index contributed by atoms with van der Waals surface area (Å²) in [6.45, 7) is 2.66. The fourth-order valence-electron chi connectivity index (χ4n) is 2.61. The molecule has 112 valence electrons. The highest BCUT2D eigenvalue weighted by atomic mass is 19.4. The molecule has 1 atom stereocenters. The number of nitrogens with one attached hydrogen (secondary N) is 1. The van der Waals surface area contributed by atoms with Crippen molar-refractivity contribution in [3.05, 3.63) is 35.1 Å². The van der Waals surface area contributed by atoms with Gasteiger partial charge in [0.05, 0.1) is 5.56 Å². The van der Waals surface area contributed by atoms with E-state index in [1.165, 1.54) is 12.1 Å². The molecule has 1 unspecified atom stereocenters. The van der Waals surface area contributed by atoms with Gasteiger partial charge in [0.2, 0.25) is 0 Å². The molecule has 1 saturated carbocycles. The smallest absolute Gasteiger partial charge is 0.310 e. The second-order valence-corrected chi connectivity index (χ2v) is 5.33. The van der Waals surface area contributed by atoms with Crippen molar-refractivity contribution < 1.29 is 17.6 Å². The van der Waals surface area contributed by atoms with Crippen LogP contribution in [0.4, 0.5) is 17.6 Å². The molecule has 2 rings (SSSR count). The fraction of sp³-hybridized carbons (Fsp3) is 0.600. The molecule has 1 fully saturated rings. The minimum absolute atomic E-state index is 0.151. The second-order valence-electron chi connectivity index (χ2n) is 5.33. The summed E-state index contributed by atoms with van der Waals surface area (Å²) in [7, 11) is 0. The van der Waals surface area contributed by atoms with Gasteiger partial charge in [0, 0.05) is 11.6 Å². The molecule has 0 amide bonds. The lowest BCUT2D eigenvalue weighted by Gasteiger charge is -2.35. The molecule has 20 heavy (non-hydrogen) atoms. The lowest BCUT2D eigenvalue weighted by atomic mass is 9.76. The van der Waals surface area contributed by atoms with Gasteiger partial charge < -0.3 is 5.32 Å². The van der Waals surface area contributed by atoms with Crippen LogP contribution >= 0.6 is 0 Å². The van der Waals surface area contributed by atoms with Crippen molar-refractivity contribution >= 4 is 0 Å². The van der Waals surface area contributed by atoms with Crippen molar-refractivity contribution in [2.75, 3.05) is 6.54 Å². The van der Waals surface area contributed by atoms with Gasteiger partial charge in [-0.25, -0.2) is 4.39 Å². The van der Waals surface area contributed by atoms with E-state index in [2.05, 4.69) is 5.32 Å². The predicted octanol–water partition coefficient (Wildman–Crippen LogP) is 4.69. The molecule has 0 heterocycles.